The van der Waals surface area contributed by atoms with Crippen LogP contribution in [0.5, 0.6) is 11.5 Å². The standard InChI is InChI=1S/C23H28N2O5S/c1-16-13-17-7-4-5-9-20(17)25(16)23(26)18-8-6-12-24(15-18)31(27,28)22-14-19(29-2)10-11-21(22)30-3/h4-5,7,9-11,14,16,18H,6,8,12-13,15H2,1-3H3/t16-,18+/m0/s1. The molecule has 2 aliphatic heterocycles. The molecule has 1 amide bonds. The maximum atomic E-state index is 13.5. The van der Waals surface area contributed by atoms with Crippen LogP contribution in [0.25, 0.3) is 0 Å². The number of benzene rings is 2. The highest BCUT2D eigenvalue weighted by Gasteiger charge is 2.39. The first-order chi connectivity index (χ1) is 14.9. The van der Waals surface area contributed by atoms with Gasteiger partial charge < -0.3 is 14.4 Å². The minimum Gasteiger partial charge on any atom is -0.497 e. The van der Waals surface area contributed by atoms with E-state index in [0.717, 1.165) is 17.7 Å². The second-order valence-corrected chi connectivity index (χ2v) is 10.0. The number of rotatable bonds is 5. The van der Waals surface area contributed by atoms with Gasteiger partial charge in [-0.3, -0.25) is 4.79 Å². The van der Waals surface area contributed by atoms with E-state index in [1.807, 2.05) is 36.1 Å². The van der Waals surface area contributed by atoms with Crippen LogP contribution in [0.1, 0.15) is 25.3 Å². The summed E-state index contributed by atoms with van der Waals surface area (Å²) in [6.07, 6.45) is 2.12. The Kier molecular flexibility index (Phi) is 5.94. The Balaban J connectivity index is 1.60. The number of ether oxygens (including phenoxy) is 2. The zero-order valence-electron chi connectivity index (χ0n) is 18.1. The average molecular weight is 445 g/mol. The van der Waals surface area contributed by atoms with Crippen molar-refractivity contribution in [2.75, 3.05) is 32.2 Å². The molecule has 0 saturated carbocycles. The lowest BCUT2D eigenvalue weighted by molar-refractivity contribution is -0.123. The summed E-state index contributed by atoms with van der Waals surface area (Å²) >= 11 is 0. The van der Waals surface area contributed by atoms with Gasteiger partial charge in [-0.2, -0.15) is 4.31 Å². The van der Waals surface area contributed by atoms with Gasteiger partial charge in [0.2, 0.25) is 15.9 Å². The minimum atomic E-state index is -3.84. The van der Waals surface area contributed by atoms with Crippen LogP contribution in [0.3, 0.4) is 0 Å². The summed E-state index contributed by atoms with van der Waals surface area (Å²) in [6.45, 7) is 2.57. The Morgan fingerprint density at radius 3 is 2.61 bits per heavy atom. The number of carbonyl (C=O) groups is 1. The highest BCUT2D eigenvalue weighted by atomic mass is 32.2. The van der Waals surface area contributed by atoms with Gasteiger partial charge >= 0.3 is 0 Å². The van der Waals surface area contributed by atoms with E-state index < -0.39 is 10.0 Å². The normalized spacial score (nSPS) is 21.6. The van der Waals surface area contributed by atoms with Crippen LogP contribution in [-0.4, -0.2) is 52.0 Å². The van der Waals surface area contributed by atoms with E-state index in [1.165, 1.54) is 24.6 Å². The highest BCUT2D eigenvalue weighted by Crippen LogP contribution is 2.36. The zero-order chi connectivity index (χ0) is 22.2. The molecule has 2 aromatic rings. The van der Waals surface area contributed by atoms with Crippen molar-refractivity contribution in [3.05, 3.63) is 48.0 Å². The molecule has 2 heterocycles. The van der Waals surface area contributed by atoms with Gasteiger partial charge in [0.25, 0.3) is 0 Å². The summed E-state index contributed by atoms with van der Waals surface area (Å²) in [5.41, 5.74) is 2.10. The van der Waals surface area contributed by atoms with Crippen molar-refractivity contribution in [2.24, 2.45) is 5.92 Å². The summed E-state index contributed by atoms with van der Waals surface area (Å²) in [7, 11) is -0.915. The van der Waals surface area contributed by atoms with Crippen LogP contribution >= 0.6 is 0 Å². The largest absolute Gasteiger partial charge is 0.497 e. The Morgan fingerprint density at radius 1 is 1.10 bits per heavy atom. The number of carbonyl (C=O) groups excluding carboxylic acids is 1. The number of piperidine rings is 1. The van der Waals surface area contributed by atoms with Crippen molar-refractivity contribution in [3.63, 3.8) is 0 Å². The van der Waals surface area contributed by atoms with Crippen LogP contribution in [0, 0.1) is 5.92 Å². The predicted molar refractivity (Wildman–Crippen MR) is 118 cm³/mol. The van der Waals surface area contributed by atoms with Gasteiger partial charge in [0.05, 0.1) is 20.1 Å². The quantitative estimate of drug-likeness (QED) is 0.708. The molecular formula is C23H28N2O5S. The van der Waals surface area contributed by atoms with Gasteiger partial charge in [0.1, 0.15) is 16.4 Å². The summed E-state index contributed by atoms with van der Waals surface area (Å²) in [6, 6.07) is 12.7. The molecule has 0 spiro atoms. The highest BCUT2D eigenvalue weighted by molar-refractivity contribution is 7.89. The van der Waals surface area contributed by atoms with Gasteiger partial charge in [-0.05, 0) is 49.9 Å². The van der Waals surface area contributed by atoms with Crippen LogP contribution in [-0.2, 0) is 21.2 Å². The van der Waals surface area contributed by atoms with Gasteiger partial charge in [-0.1, -0.05) is 18.2 Å². The van der Waals surface area contributed by atoms with Crippen molar-refractivity contribution in [2.45, 2.75) is 37.1 Å². The maximum absolute atomic E-state index is 13.5. The van der Waals surface area contributed by atoms with Gasteiger partial charge in [-0.15, -0.1) is 0 Å². The summed E-state index contributed by atoms with van der Waals surface area (Å²) in [5.74, 6) is 0.312. The second kappa shape index (κ2) is 8.51. The monoisotopic (exact) mass is 444 g/mol. The van der Waals surface area contributed by atoms with Crippen molar-refractivity contribution in [1.82, 2.24) is 4.31 Å². The van der Waals surface area contributed by atoms with Crippen molar-refractivity contribution in [1.29, 1.82) is 0 Å². The van der Waals surface area contributed by atoms with E-state index in [0.29, 0.717) is 25.1 Å². The first kappa shape index (κ1) is 21.6. The molecule has 0 radical (unpaired) electrons. The number of anilines is 1. The fourth-order valence-corrected chi connectivity index (χ4v) is 6.28. The van der Waals surface area contributed by atoms with E-state index in [2.05, 4.69) is 0 Å². The molecule has 0 bridgehead atoms. The molecule has 4 rings (SSSR count). The number of methoxy groups -OCH3 is 2. The molecule has 7 nitrogen and oxygen atoms in total. The topological polar surface area (TPSA) is 76.1 Å². The maximum Gasteiger partial charge on any atom is 0.246 e. The molecule has 31 heavy (non-hydrogen) atoms. The van der Waals surface area contributed by atoms with Crippen LogP contribution in [0.2, 0.25) is 0 Å². The molecule has 8 heteroatoms. The molecule has 166 valence electrons. The molecule has 0 unspecified atom stereocenters. The molecule has 2 aromatic carbocycles. The third-order valence-electron chi connectivity index (χ3n) is 6.17. The van der Waals surface area contributed by atoms with Gasteiger partial charge in [0, 0.05) is 30.9 Å². The number of hydrogen-bond donors (Lipinski definition) is 0. The van der Waals surface area contributed by atoms with Gasteiger partial charge in [-0.25, -0.2) is 8.42 Å². The molecule has 0 aliphatic carbocycles. The lowest BCUT2D eigenvalue weighted by Crippen LogP contribution is -2.48. The number of para-hydroxylation sites is 1. The van der Waals surface area contributed by atoms with Crippen LogP contribution in [0.4, 0.5) is 5.69 Å². The smallest absolute Gasteiger partial charge is 0.246 e. The van der Waals surface area contributed by atoms with Crippen LogP contribution in [0.15, 0.2) is 47.4 Å². The van der Waals surface area contributed by atoms with E-state index in [4.69, 9.17) is 9.47 Å². The Labute approximate surface area is 183 Å². The summed E-state index contributed by atoms with van der Waals surface area (Å²) in [4.78, 5) is 15.4. The summed E-state index contributed by atoms with van der Waals surface area (Å²) in [5, 5.41) is 0. The lowest BCUT2D eigenvalue weighted by Gasteiger charge is -2.34. The first-order valence-corrected chi connectivity index (χ1v) is 11.9. The molecule has 1 fully saturated rings. The Hall–Kier alpha value is -2.58. The minimum absolute atomic E-state index is 0.00467. The number of hydrogen-bond acceptors (Lipinski definition) is 5. The fourth-order valence-electron chi connectivity index (χ4n) is 4.59. The SMILES string of the molecule is COc1ccc(OC)c(S(=O)(=O)N2CCC[C@@H](C(=O)N3c4ccccc4C[C@@H]3C)C2)c1. The van der Waals surface area contributed by atoms with E-state index >= 15 is 0 Å². The summed E-state index contributed by atoms with van der Waals surface area (Å²) < 4.78 is 38.8. The second-order valence-electron chi connectivity index (χ2n) is 8.11. The average Bonchev–Trinajstić information content (AvgIpc) is 3.13. The number of amides is 1. The van der Waals surface area contributed by atoms with Crippen LogP contribution < -0.4 is 14.4 Å². The lowest BCUT2D eigenvalue weighted by atomic mass is 9.97. The van der Waals surface area contributed by atoms with Crippen molar-refractivity contribution in [3.8, 4) is 11.5 Å². The third-order valence-corrected chi connectivity index (χ3v) is 8.05. The molecule has 1 saturated heterocycles. The van der Waals surface area contributed by atoms with E-state index in [9.17, 15) is 13.2 Å². The molecule has 2 atom stereocenters. The third kappa shape index (κ3) is 3.90. The van der Waals surface area contributed by atoms with E-state index in [1.54, 1.807) is 12.1 Å². The molecule has 0 aromatic heterocycles. The Bertz CT molecular complexity index is 1090. The molecular weight excluding hydrogens is 416 g/mol. The molecule has 2 aliphatic rings. The number of fused-ring (bicyclic) bond motifs is 1. The number of nitrogens with zero attached hydrogens (tertiary/aromatic N) is 2. The van der Waals surface area contributed by atoms with Crippen molar-refractivity contribution < 1.29 is 22.7 Å². The fraction of sp³-hybridized carbons (Fsp3) is 0.435. The molecule has 0 N–H and O–H groups in total. The predicted octanol–water partition coefficient (Wildman–Crippen LogP) is 3.08. The first-order valence-electron chi connectivity index (χ1n) is 10.5. The van der Waals surface area contributed by atoms with Crippen molar-refractivity contribution >= 4 is 21.6 Å². The Morgan fingerprint density at radius 2 is 1.87 bits per heavy atom. The van der Waals surface area contributed by atoms with E-state index in [-0.39, 0.29) is 35.1 Å². The zero-order valence-corrected chi connectivity index (χ0v) is 18.9. The number of sulfonamides is 1. The van der Waals surface area contributed by atoms with Gasteiger partial charge in [0.15, 0.2) is 0 Å².